The zero-order valence-electron chi connectivity index (χ0n) is 25.3. The summed E-state index contributed by atoms with van der Waals surface area (Å²) in [4.78, 5) is 5.64. The summed E-state index contributed by atoms with van der Waals surface area (Å²) in [6, 6.07) is 4.63. The lowest BCUT2D eigenvalue weighted by Gasteiger charge is -2.04. The molecule has 2 rings (SSSR count). The average molecular weight is 751 g/mol. The molecule has 2 heterocycles. The van der Waals surface area contributed by atoms with Crippen molar-refractivity contribution in [2.24, 2.45) is 0 Å². The number of thiophene rings is 2. The maximum atomic E-state index is 3.74. The highest BCUT2D eigenvalue weighted by Gasteiger charge is 2.09. The number of halogens is 2. The number of rotatable bonds is 26. The van der Waals surface area contributed by atoms with Crippen LogP contribution in [0.15, 0.2) is 29.5 Å². The van der Waals surface area contributed by atoms with Crippen LogP contribution in [0.4, 0.5) is 0 Å². The largest absolute Gasteiger partial charge is 0.128 e. The standard InChI is InChI=1S/C34H54Br2S4/c1-3-5-7-9-11-13-15-17-19-21-25-37-31-27-33(35)39-29(31)23-24-30-32(28-34(36)40-30)38-26-22-20-18-16-14-12-10-8-6-4-2/h23-24,27-28H,3-22,25-26H2,1-2H3/b24-23+. The Labute approximate surface area is 281 Å². The molecular weight excluding hydrogens is 696 g/mol. The van der Waals surface area contributed by atoms with E-state index in [2.05, 4.69) is 70.0 Å². The second kappa shape index (κ2) is 25.2. The molecule has 0 radical (unpaired) electrons. The third-order valence-corrected chi connectivity index (χ3v) is 13.0. The molecule has 0 unspecified atom stereocenters. The number of hydrogen-bond acceptors (Lipinski definition) is 4. The van der Waals surface area contributed by atoms with Crippen molar-refractivity contribution in [2.75, 3.05) is 11.5 Å². The quantitative estimate of drug-likeness (QED) is 0.0694. The van der Waals surface area contributed by atoms with Gasteiger partial charge in [0, 0.05) is 19.5 Å². The molecule has 0 spiro atoms. The Morgan fingerprint density at radius 1 is 0.500 bits per heavy atom. The Bertz CT molecular complexity index is 830. The van der Waals surface area contributed by atoms with E-state index in [0.29, 0.717) is 0 Å². The van der Waals surface area contributed by atoms with Gasteiger partial charge in [0.1, 0.15) is 0 Å². The molecule has 2 aromatic heterocycles. The predicted molar refractivity (Wildman–Crippen MR) is 198 cm³/mol. The molecule has 0 saturated heterocycles. The van der Waals surface area contributed by atoms with E-state index in [9.17, 15) is 0 Å². The van der Waals surface area contributed by atoms with Crippen LogP contribution in [-0.4, -0.2) is 11.5 Å². The van der Waals surface area contributed by atoms with Gasteiger partial charge in [-0.15, -0.1) is 46.2 Å². The second-order valence-corrected chi connectivity index (χ2v) is 18.2. The van der Waals surface area contributed by atoms with Gasteiger partial charge in [0.25, 0.3) is 0 Å². The van der Waals surface area contributed by atoms with Crippen LogP contribution in [-0.2, 0) is 0 Å². The van der Waals surface area contributed by atoms with E-state index < -0.39 is 0 Å². The molecule has 0 aliphatic rings. The van der Waals surface area contributed by atoms with Crippen LogP contribution in [0, 0.1) is 0 Å². The third kappa shape index (κ3) is 17.8. The van der Waals surface area contributed by atoms with E-state index in [4.69, 9.17) is 0 Å². The Morgan fingerprint density at radius 3 is 1.12 bits per heavy atom. The first-order chi connectivity index (χ1) is 19.6. The van der Waals surface area contributed by atoms with Crippen molar-refractivity contribution in [1.82, 2.24) is 0 Å². The number of thioether (sulfide) groups is 2. The zero-order valence-corrected chi connectivity index (χ0v) is 31.7. The average Bonchev–Trinajstić information content (AvgIpc) is 3.49. The van der Waals surface area contributed by atoms with Gasteiger partial charge in [0.05, 0.1) is 7.57 Å². The van der Waals surface area contributed by atoms with Crippen LogP contribution in [0.5, 0.6) is 0 Å². The minimum atomic E-state index is 1.23. The monoisotopic (exact) mass is 748 g/mol. The molecule has 0 aliphatic carbocycles. The van der Waals surface area contributed by atoms with Gasteiger partial charge in [0.15, 0.2) is 0 Å². The lowest BCUT2D eigenvalue weighted by atomic mass is 10.1. The molecule has 228 valence electrons. The summed E-state index contributed by atoms with van der Waals surface area (Å²) >= 11 is 15.3. The summed E-state index contributed by atoms with van der Waals surface area (Å²) in [5.74, 6) is 2.45. The van der Waals surface area contributed by atoms with Gasteiger partial charge in [0.2, 0.25) is 0 Å². The van der Waals surface area contributed by atoms with Crippen molar-refractivity contribution in [3.8, 4) is 0 Å². The molecule has 0 aliphatic heterocycles. The Balaban J connectivity index is 1.65. The highest BCUT2D eigenvalue weighted by Crippen LogP contribution is 2.39. The van der Waals surface area contributed by atoms with E-state index in [1.54, 1.807) is 0 Å². The molecule has 0 fully saturated rings. The summed E-state index contributed by atoms with van der Waals surface area (Å²) in [7, 11) is 0. The van der Waals surface area contributed by atoms with Crippen LogP contribution < -0.4 is 0 Å². The fraction of sp³-hybridized carbons (Fsp3) is 0.706. The molecule has 2 aromatic rings. The maximum absolute atomic E-state index is 3.74. The van der Waals surface area contributed by atoms with Crippen molar-refractivity contribution in [3.63, 3.8) is 0 Å². The van der Waals surface area contributed by atoms with E-state index in [1.807, 2.05) is 46.2 Å². The van der Waals surface area contributed by atoms with Crippen LogP contribution in [0.25, 0.3) is 12.2 Å². The van der Waals surface area contributed by atoms with Crippen molar-refractivity contribution < 1.29 is 0 Å². The molecule has 6 heteroatoms. The molecule has 0 nitrogen and oxygen atoms in total. The Morgan fingerprint density at radius 2 is 0.800 bits per heavy atom. The summed E-state index contributed by atoms with van der Waals surface area (Å²) in [5.41, 5.74) is 0. The third-order valence-electron chi connectivity index (χ3n) is 7.29. The van der Waals surface area contributed by atoms with Gasteiger partial charge in [-0.25, -0.2) is 0 Å². The lowest BCUT2D eigenvalue weighted by Crippen LogP contribution is -1.84. The number of hydrogen-bond donors (Lipinski definition) is 0. The highest BCUT2D eigenvalue weighted by atomic mass is 79.9. The molecule has 0 saturated carbocycles. The van der Waals surface area contributed by atoms with Gasteiger partial charge >= 0.3 is 0 Å². The molecular formula is C34H54Br2S4. The molecule has 0 atom stereocenters. The van der Waals surface area contributed by atoms with Crippen LogP contribution in [0.1, 0.15) is 152 Å². The normalized spacial score (nSPS) is 11.8. The summed E-state index contributed by atoms with van der Waals surface area (Å²) in [5, 5.41) is 0. The Kier molecular flexibility index (Phi) is 23.3. The molecule has 0 bridgehead atoms. The predicted octanol–water partition coefficient (Wildman–Crippen LogP) is 15.5. The SMILES string of the molecule is CCCCCCCCCCCCSc1cc(Br)sc1/C=C/c1sc(Br)cc1SCCCCCCCCCCCC. The van der Waals surface area contributed by atoms with Crippen LogP contribution in [0.2, 0.25) is 0 Å². The van der Waals surface area contributed by atoms with Gasteiger partial charge < -0.3 is 0 Å². The van der Waals surface area contributed by atoms with E-state index in [-0.39, 0.29) is 0 Å². The first kappa shape index (κ1) is 37.0. The minimum absolute atomic E-state index is 1.23. The topological polar surface area (TPSA) is 0 Å². The number of unbranched alkanes of at least 4 members (excludes halogenated alkanes) is 18. The summed E-state index contributed by atoms with van der Waals surface area (Å²) < 4.78 is 2.47. The van der Waals surface area contributed by atoms with Crippen molar-refractivity contribution >= 4 is 90.2 Å². The van der Waals surface area contributed by atoms with E-state index >= 15 is 0 Å². The second-order valence-electron chi connectivity index (χ2n) is 11.0. The highest BCUT2D eigenvalue weighted by molar-refractivity contribution is 9.11. The first-order valence-electron chi connectivity index (χ1n) is 16.2. The fourth-order valence-electron chi connectivity index (χ4n) is 4.87. The summed E-state index contributed by atoms with van der Waals surface area (Å²) in [6.07, 6.45) is 32.8. The van der Waals surface area contributed by atoms with Crippen molar-refractivity contribution in [2.45, 2.75) is 152 Å². The van der Waals surface area contributed by atoms with Crippen molar-refractivity contribution in [3.05, 3.63) is 29.5 Å². The van der Waals surface area contributed by atoms with E-state index in [0.717, 1.165) is 0 Å². The fourth-order valence-corrected chi connectivity index (χ4v) is 10.8. The Hall–Kier alpha value is 0.800. The van der Waals surface area contributed by atoms with Gasteiger partial charge in [-0.1, -0.05) is 129 Å². The van der Waals surface area contributed by atoms with Crippen LogP contribution >= 0.6 is 78.1 Å². The lowest BCUT2D eigenvalue weighted by molar-refractivity contribution is 0.563. The van der Waals surface area contributed by atoms with Crippen LogP contribution in [0.3, 0.4) is 0 Å². The molecule has 40 heavy (non-hydrogen) atoms. The van der Waals surface area contributed by atoms with Gasteiger partial charge in [-0.05, 0) is 80.5 Å². The molecule has 0 N–H and O–H groups in total. The molecule has 0 amide bonds. The van der Waals surface area contributed by atoms with E-state index in [1.165, 1.54) is 167 Å². The first-order valence-corrected chi connectivity index (χ1v) is 21.3. The smallest absolute Gasteiger partial charge is 0.0716 e. The van der Waals surface area contributed by atoms with Gasteiger partial charge in [-0.2, -0.15) is 0 Å². The molecule has 0 aromatic carbocycles. The summed E-state index contributed by atoms with van der Waals surface area (Å²) in [6.45, 7) is 4.59. The minimum Gasteiger partial charge on any atom is -0.128 e. The maximum Gasteiger partial charge on any atom is 0.0716 e. The van der Waals surface area contributed by atoms with Gasteiger partial charge in [-0.3, -0.25) is 0 Å². The van der Waals surface area contributed by atoms with Crippen molar-refractivity contribution in [1.29, 1.82) is 0 Å². The zero-order chi connectivity index (χ0) is 28.7.